The molecule has 0 bridgehead atoms. The second-order valence-corrected chi connectivity index (χ2v) is 8.83. The lowest BCUT2D eigenvalue weighted by molar-refractivity contribution is -0.138. The minimum Gasteiger partial charge on any atom is -0.481 e. The van der Waals surface area contributed by atoms with Crippen LogP contribution in [-0.2, 0) is 14.9 Å². The summed E-state index contributed by atoms with van der Waals surface area (Å²) in [7, 11) is 1.50. The van der Waals surface area contributed by atoms with Crippen LogP contribution in [0.2, 0.25) is 0 Å². The molecule has 0 aliphatic rings. The van der Waals surface area contributed by atoms with Gasteiger partial charge in [0.15, 0.2) is 5.82 Å². The SMILES string of the molecule is COCC(C)(C)c1c([C@@H](F)CC(=O)O)c2c(F)c3[nH]ncc3cc2n1-c1ccc(F)c(C)c1. The Kier molecular flexibility index (Phi) is 5.69. The summed E-state index contributed by atoms with van der Waals surface area (Å²) < 4.78 is 52.5. The van der Waals surface area contributed by atoms with E-state index in [0.717, 1.165) is 0 Å². The quantitative estimate of drug-likeness (QED) is 0.382. The summed E-state index contributed by atoms with van der Waals surface area (Å²) in [6.07, 6.45) is -1.37. The van der Waals surface area contributed by atoms with Crippen molar-refractivity contribution in [1.82, 2.24) is 14.8 Å². The maximum absolute atomic E-state index is 15.8. The molecular formula is C24H24F3N3O3. The molecule has 2 aromatic heterocycles. The summed E-state index contributed by atoms with van der Waals surface area (Å²) in [4.78, 5) is 11.4. The molecule has 0 unspecified atom stereocenters. The molecule has 1 atom stereocenters. The first kappa shape index (κ1) is 22.8. The summed E-state index contributed by atoms with van der Waals surface area (Å²) in [6.45, 7) is 5.36. The molecule has 0 radical (unpaired) electrons. The number of carbonyl (C=O) groups is 1. The van der Waals surface area contributed by atoms with Crippen LogP contribution in [0.4, 0.5) is 13.2 Å². The Balaban J connectivity index is 2.22. The van der Waals surface area contributed by atoms with Crippen molar-refractivity contribution in [3.63, 3.8) is 0 Å². The number of nitrogens with one attached hydrogen (secondary N) is 1. The standard InChI is InChI=1S/C24H24F3N3O3/c1-12-7-14(5-6-15(12)25)30-17-8-13-10-28-29-22(13)21(27)20(17)19(16(26)9-18(31)32)23(30)24(2,3)11-33-4/h5-8,10,16H,9,11H2,1-4H3,(H,28,29)(H,31,32)/t16-/m0/s1. The molecule has 0 aliphatic carbocycles. The Labute approximate surface area is 188 Å². The molecule has 4 aromatic rings. The first-order valence-electron chi connectivity index (χ1n) is 10.4. The predicted molar refractivity (Wildman–Crippen MR) is 119 cm³/mol. The number of hydrogen-bond donors (Lipinski definition) is 2. The van der Waals surface area contributed by atoms with Gasteiger partial charge in [-0.15, -0.1) is 0 Å². The van der Waals surface area contributed by atoms with Gasteiger partial charge in [-0.25, -0.2) is 13.2 Å². The second kappa shape index (κ2) is 8.22. The Morgan fingerprint density at radius 2 is 2.03 bits per heavy atom. The molecule has 0 saturated heterocycles. The number of carboxylic acid groups (broad SMARTS) is 1. The number of halogens is 3. The number of rotatable bonds is 7. The van der Waals surface area contributed by atoms with Gasteiger partial charge in [-0.2, -0.15) is 5.10 Å². The van der Waals surface area contributed by atoms with Crippen LogP contribution >= 0.6 is 0 Å². The zero-order valence-corrected chi connectivity index (χ0v) is 18.7. The lowest BCUT2D eigenvalue weighted by atomic mass is 9.85. The van der Waals surface area contributed by atoms with Crippen LogP contribution in [0, 0.1) is 18.6 Å². The van der Waals surface area contributed by atoms with Gasteiger partial charge >= 0.3 is 5.97 Å². The smallest absolute Gasteiger partial charge is 0.306 e. The van der Waals surface area contributed by atoms with Crippen molar-refractivity contribution >= 4 is 27.8 Å². The number of aryl methyl sites for hydroxylation is 1. The minimum atomic E-state index is -1.99. The summed E-state index contributed by atoms with van der Waals surface area (Å²) in [5.74, 6) is -2.49. The summed E-state index contributed by atoms with van der Waals surface area (Å²) in [5.41, 5.74) is 0.716. The molecule has 6 nitrogen and oxygen atoms in total. The number of alkyl halides is 1. The molecule has 0 aliphatic heterocycles. The number of fused-ring (bicyclic) bond motifs is 2. The Morgan fingerprint density at radius 3 is 2.67 bits per heavy atom. The van der Waals surface area contributed by atoms with Crippen molar-refractivity contribution in [1.29, 1.82) is 0 Å². The molecule has 0 saturated carbocycles. The zero-order valence-electron chi connectivity index (χ0n) is 18.7. The molecule has 0 amide bonds. The van der Waals surface area contributed by atoms with Gasteiger partial charge in [-0.3, -0.25) is 9.89 Å². The molecule has 174 valence electrons. The van der Waals surface area contributed by atoms with Gasteiger partial charge in [0.25, 0.3) is 0 Å². The highest BCUT2D eigenvalue weighted by atomic mass is 19.1. The van der Waals surface area contributed by atoms with Gasteiger partial charge in [0, 0.05) is 40.2 Å². The zero-order chi connectivity index (χ0) is 24.1. The van der Waals surface area contributed by atoms with Gasteiger partial charge in [-0.1, -0.05) is 13.8 Å². The molecule has 4 rings (SSSR count). The van der Waals surface area contributed by atoms with Crippen molar-refractivity contribution < 1.29 is 27.8 Å². The molecular weight excluding hydrogens is 435 g/mol. The number of H-pyrrole nitrogens is 1. The highest BCUT2D eigenvalue weighted by Crippen LogP contribution is 2.44. The van der Waals surface area contributed by atoms with E-state index in [9.17, 15) is 14.3 Å². The predicted octanol–water partition coefficient (Wildman–Crippen LogP) is 5.50. The molecule has 0 spiro atoms. The van der Waals surface area contributed by atoms with Gasteiger partial charge < -0.3 is 14.4 Å². The van der Waals surface area contributed by atoms with E-state index < -0.39 is 35.6 Å². The average molecular weight is 459 g/mol. The lowest BCUT2D eigenvalue weighted by Crippen LogP contribution is -2.28. The number of aromatic nitrogens is 3. The van der Waals surface area contributed by atoms with Gasteiger partial charge in [-0.05, 0) is 36.8 Å². The first-order valence-corrected chi connectivity index (χ1v) is 10.4. The number of methoxy groups -OCH3 is 1. The van der Waals surface area contributed by atoms with Crippen molar-refractivity contribution in [2.24, 2.45) is 0 Å². The van der Waals surface area contributed by atoms with E-state index >= 15 is 8.78 Å². The van der Waals surface area contributed by atoms with Gasteiger partial charge in [0.2, 0.25) is 0 Å². The first-order chi connectivity index (χ1) is 15.6. The van der Waals surface area contributed by atoms with Crippen LogP contribution in [-0.4, -0.2) is 39.6 Å². The average Bonchev–Trinajstić information content (AvgIpc) is 3.33. The lowest BCUT2D eigenvalue weighted by Gasteiger charge is -2.29. The molecule has 9 heteroatoms. The number of aromatic amines is 1. The fourth-order valence-corrected chi connectivity index (χ4v) is 4.52. The van der Waals surface area contributed by atoms with Crippen LogP contribution in [0.1, 0.15) is 43.3 Å². The van der Waals surface area contributed by atoms with E-state index in [1.54, 1.807) is 37.5 Å². The highest BCUT2D eigenvalue weighted by molar-refractivity contribution is 6.00. The Hall–Kier alpha value is -3.33. The third kappa shape index (κ3) is 3.76. The van der Waals surface area contributed by atoms with E-state index in [0.29, 0.717) is 27.8 Å². The Bertz CT molecular complexity index is 1370. The van der Waals surface area contributed by atoms with E-state index in [1.807, 2.05) is 0 Å². The number of hydrogen-bond acceptors (Lipinski definition) is 3. The molecule has 2 aromatic carbocycles. The Morgan fingerprint density at radius 1 is 1.30 bits per heavy atom. The van der Waals surface area contributed by atoms with Gasteiger partial charge in [0.05, 0.1) is 24.7 Å². The fraction of sp³-hybridized carbons (Fsp3) is 0.333. The van der Waals surface area contributed by atoms with Crippen molar-refractivity contribution in [3.8, 4) is 5.69 Å². The summed E-state index contributed by atoms with van der Waals surface area (Å²) in [5, 5.41) is 16.2. The van der Waals surface area contributed by atoms with Crippen LogP contribution < -0.4 is 0 Å². The van der Waals surface area contributed by atoms with Crippen molar-refractivity contribution in [3.05, 3.63) is 58.9 Å². The highest BCUT2D eigenvalue weighted by Gasteiger charge is 2.37. The van der Waals surface area contributed by atoms with Crippen LogP contribution in [0.15, 0.2) is 30.5 Å². The molecule has 0 fully saturated rings. The topological polar surface area (TPSA) is 80.1 Å². The third-order valence-corrected chi connectivity index (χ3v) is 5.86. The fourth-order valence-electron chi connectivity index (χ4n) is 4.52. The van der Waals surface area contributed by atoms with Crippen LogP contribution in [0.25, 0.3) is 27.5 Å². The minimum absolute atomic E-state index is 0.0401. The maximum Gasteiger partial charge on any atom is 0.306 e. The van der Waals surface area contributed by atoms with Crippen LogP contribution in [0.3, 0.4) is 0 Å². The summed E-state index contributed by atoms with van der Waals surface area (Å²) in [6, 6.07) is 6.08. The number of carboxylic acids is 1. The number of ether oxygens (including phenoxy) is 1. The maximum atomic E-state index is 15.8. The summed E-state index contributed by atoms with van der Waals surface area (Å²) >= 11 is 0. The van der Waals surface area contributed by atoms with E-state index in [4.69, 9.17) is 4.74 Å². The van der Waals surface area contributed by atoms with Crippen molar-refractivity contribution in [2.45, 2.75) is 38.8 Å². The van der Waals surface area contributed by atoms with Crippen molar-refractivity contribution in [2.75, 3.05) is 13.7 Å². The third-order valence-electron chi connectivity index (χ3n) is 5.86. The number of benzene rings is 2. The van der Waals surface area contributed by atoms with Gasteiger partial charge in [0.1, 0.15) is 17.5 Å². The second-order valence-electron chi connectivity index (χ2n) is 8.83. The van der Waals surface area contributed by atoms with E-state index in [-0.39, 0.29) is 23.1 Å². The normalized spacial score (nSPS) is 13.2. The molecule has 2 heterocycles. The molecule has 33 heavy (non-hydrogen) atoms. The van der Waals surface area contributed by atoms with E-state index in [2.05, 4.69) is 10.2 Å². The van der Waals surface area contributed by atoms with E-state index in [1.165, 1.54) is 25.4 Å². The molecule has 2 N–H and O–H groups in total. The monoisotopic (exact) mass is 459 g/mol. The number of nitrogens with zero attached hydrogens (tertiary/aromatic N) is 2. The van der Waals surface area contributed by atoms with Crippen LogP contribution in [0.5, 0.6) is 0 Å². The largest absolute Gasteiger partial charge is 0.481 e. The number of aliphatic carboxylic acids is 1.